The molecule has 2 amide bonds. The van der Waals surface area contributed by atoms with Crippen LogP contribution in [0.15, 0.2) is 84.8 Å². The van der Waals surface area contributed by atoms with Crippen molar-refractivity contribution in [2.24, 2.45) is 0 Å². The van der Waals surface area contributed by atoms with Gasteiger partial charge in [-0.15, -0.1) is 11.3 Å². The Labute approximate surface area is 266 Å². The lowest BCUT2D eigenvalue weighted by Gasteiger charge is -2.25. The molecule has 0 radical (unpaired) electrons. The Balaban J connectivity index is 1.23. The van der Waals surface area contributed by atoms with E-state index < -0.39 is 0 Å². The van der Waals surface area contributed by atoms with E-state index in [9.17, 15) is 9.59 Å². The molecule has 0 aliphatic carbocycles. The standard InChI is InChI=1S/C34H35N7O3S/c1-25-22-37-29(23-36-25)33(42)41-15-6-5-14-40(34(43)30-24-45-32(38-30)26-9-3-2-4-10-26)17-8-16-39-18-13-35-31(39)27-11-7-12-28(21-27)44-20-19-41/h2-4,7,9-13,18,21-24H,5-6,8,14-17,19-20H2,1H3. The molecular weight excluding hydrogens is 586 g/mol. The van der Waals surface area contributed by atoms with Crippen molar-refractivity contribution in [3.8, 4) is 27.7 Å². The Morgan fingerprint density at radius 1 is 0.778 bits per heavy atom. The average Bonchev–Trinajstić information content (AvgIpc) is 3.76. The third kappa shape index (κ3) is 7.43. The molecule has 1 aliphatic rings. The molecule has 2 aromatic carbocycles. The minimum Gasteiger partial charge on any atom is -0.492 e. The minimum absolute atomic E-state index is 0.0823. The van der Waals surface area contributed by atoms with Crippen LogP contribution in [0.2, 0.25) is 0 Å². The Bertz CT molecular complexity index is 1740. The van der Waals surface area contributed by atoms with Crippen molar-refractivity contribution in [2.45, 2.75) is 32.7 Å². The van der Waals surface area contributed by atoms with Crippen LogP contribution in [-0.2, 0) is 6.54 Å². The molecule has 0 spiro atoms. The fourth-order valence-corrected chi connectivity index (χ4v) is 6.13. The van der Waals surface area contributed by atoms with Crippen molar-refractivity contribution < 1.29 is 14.3 Å². The quantitative estimate of drug-likeness (QED) is 0.258. The van der Waals surface area contributed by atoms with Crippen LogP contribution in [0.5, 0.6) is 5.75 Å². The third-order valence-electron chi connectivity index (χ3n) is 7.69. The van der Waals surface area contributed by atoms with Crippen LogP contribution >= 0.6 is 11.3 Å². The second kappa shape index (κ2) is 14.3. The Kier molecular flexibility index (Phi) is 9.55. The molecule has 2 bridgehead atoms. The molecule has 3 aromatic heterocycles. The van der Waals surface area contributed by atoms with Crippen molar-refractivity contribution in [1.29, 1.82) is 0 Å². The maximum Gasteiger partial charge on any atom is 0.274 e. The molecule has 0 saturated carbocycles. The van der Waals surface area contributed by atoms with Crippen LogP contribution in [0.25, 0.3) is 22.0 Å². The van der Waals surface area contributed by atoms with Gasteiger partial charge in [0.2, 0.25) is 0 Å². The summed E-state index contributed by atoms with van der Waals surface area (Å²) in [7, 11) is 0. The Hall–Kier alpha value is -4.90. The number of aryl methyl sites for hydroxylation is 2. The monoisotopic (exact) mass is 621 g/mol. The highest BCUT2D eigenvalue weighted by Gasteiger charge is 2.21. The Morgan fingerprint density at radius 3 is 2.33 bits per heavy atom. The van der Waals surface area contributed by atoms with Crippen LogP contribution in [0.3, 0.4) is 0 Å². The Morgan fingerprint density at radius 2 is 1.53 bits per heavy atom. The molecule has 0 unspecified atom stereocenters. The maximum atomic E-state index is 13.8. The number of fused-ring (bicyclic) bond motifs is 4. The first-order valence-corrected chi connectivity index (χ1v) is 16.1. The number of rotatable bonds is 3. The number of hydrogen-bond donors (Lipinski definition) is 0. The molecule has 10 nitrogen and oxygen atoms in total. The zero-order chi connectivity index (χ0) is 31.0. The van der Waals surface area contributed by atoms with Gasteiger partial charge in [-0.25, -0.2) is 15.0 Å². The smallest absolute Gasteiger partial charge is 0.274 e. The maximum absolute atomic E-state index is 13.8. The summed E-state index contributed by atoms with van der Waals surface area (Å²) >= 11 is 1.48. The first kappa shape index (κ1) is 30.1. The molecule has 1 aliphatic heterocycles. The van der Waals surface area contributed by atoms with Crippen molar-refractivity contribution in [3.63, 3.8) is 0 Å². The van der Waals surface area contributed by atoms with Crippen LogP contribution < -0.4 is 4.74 Å². The van der Waals surface area contributed by atoms with Gasteiger partial charge in [0.05, 0.1) is 18.4 Å². The van der Waals surface area contributed by atoms with Gasteiger partial charge < -0.3 is 19.1 Å². The predicted molar refractivity (Wildman–Crippen MR) is 173 cm³/mol. The van der Waals surface area contributed by atoms with E-state index >= 15 is 0 Å². The molecule has 0 N–H and O–H groups in total. The van der Waals surface area contributed by atoms with Crippen LogP contribution in [-0.4, -0.2) is 78.9 Å². The van der Waals surface area contributed by atoms with Crippen molar-refractivity contribution in [1.82, 2.24) is 34.3 Å². The lowest BCUT2D eigenvalue weighted by atomic mass is 10.2. The van der Waals surface area contributed by atoms with Gasteiger partial charge in [0.25, 0.3) is 11.8 Å². The van der Waals surface area contributed by atoms with Gasteiger partial charge in [0, 0.05) is 61.3 Å². The summed E-state index contributed by atoms with van der Waals surface area (Å²) in [5, 5.41) is 2.67. The molecule has 230 valence electrons. The van der Waals surface area contributed by atoms with Crippen LogP contribution in [0.1, 0.15) is 45.9 Å². The fourth-order valence-electron chi connectivity index (χ4n) is 5.33. The average molecular weight is 622 g/mol. The highest BCUT2D eigenvalue weighted by molar-refractivity contribution is 7.13. The first-order valence-electron chi connectivity index (χ1n) is 15.2. The summed E-state index contributed by atoms with van der Waals surface area (Å²) in [6, 6.07) is 17.7. The summed E-state index contributed by atoms with van der Waals surface area (Å²) in [5.74, 6) is 1.28. The van der Waals surface area contributed by atoms with Crippen LogP contribution in [0.4, 0.5) is 0 Å². The zero-order valence-corrected chi connectivity index (χ0v) is 26.0. The van der Waals surface area contributed by atoms with E-state index in [1.165, 1.54) is 17.5 Å². The van der Waals surface area contributed by atoms with Gasteiger partial charge in [0.1, 0.15) is 34.6 Å². The van der Waals surface area contributed by atoms with Crippen molar-refractivity contribution in [2.75, 3.05) is 32.8 Å². The molecular formula is C34H35N7O3S. The number of hydrogen-bond acceptors (Lipinski definition) is 8. The van der Waals surface area contributed by atoms with E-state index in [1.807, 2.05) is 78.0 Å². The van der Waals surface area contributed by atoms with Crippen molar-refractivity contribution in [3.05, 3.63) is 102 Å². The van der Waals surface area contributed by atoms with Gasteiger partial charge in [-0.05, 0) is 38.3 Å². The lowest BCUT2D eigenvalue weighted by molar-refractivity contribution is 0.0699. The molecule has 0 fully saturated rings. The highest BCUT2D eigenvalue weighted by Crippen LogP contribution is 2.25. The largest absolute Gasteiger partial charge is 0.492 e. The van der Waals surface area contributed by atoms with Crippen molar-refractivity contribution >= 4 is 23.2 Å². The number of amides is 2. The summed E-state index contributed by atoms with van der Waals surface area (Å²) in [6.45, 7) is 4.88. The van der Waals surface area contributed by atoms with E-state index in [4.69, 9.17) is 9.72 Å². The van der Waals surface area contributed by atoms with Crippen LogP contribution in [0, 0.1) is 6.92 Å². The zero-order valence-electron chi connectivity index (χ0n) is 25.2. The number of carbonyl (C=O) groups is 2. The number of carbonyl (C=O) groups excluding carboxylic acids is 2. The van der Waals surface area contributed by atoms with Gasteiger partial charge in [0.15, 0.2) is 0 Å². The number of benzene rings is 2. The normalized spacial score (nSPS) is 14.7. The SMILES string of the molecule is Cc1cnc(C(=O)N2CCCCN(C(=O)c3csc(-c4ccccc4)n3)CCCn3ccnc3-c3cccc(c3)OCC2)cn1. The van der Waals surface area contributed by atoms with Gasteiger partial charge in [-0.3, -0.25) is 14.6 Å². The number of ether oxygens (including phenoxy) is 1. The molecule has 5 aromatic rings. The lowest BCUT2D eigenvalue weighted by Crippen LogP contribution is -2.37. The summed E-state index contributed by atoms with van der Waals surface area (Å²) in [4.78, 5) is 48.7. The van der Waals surface area contributed by atoms with E-state index in [1.54, 1.807) is 17.3 Å². The topological polar surface area (TPSA) is 106 Å². The minimum atomic E-state index is -0.191. The summed E-state index contributed by atoms with van der Waals surface area (Å²) < 4.78 is 8.21. The highest BCUT2D eigenvalue weighted by atomic mass is 32.1. The van der Waals surface area contributed by atoms with E-state index in [0.717, 1.165) is 40.5 Å². The molecule has 0 saturated heterocycles. The third-order valence-corrected chi connectivity index (χ3v) is 8.58. The number of nitrogens with zero attached hydrogens (tertiary/aromatic N) is 7. The van der Waals surface area contributed by atoms with E-state index in [-0.39, 0.29) is 11.8 Å². The second-order valence-corrected chi connectivity index (χ2v) is 11.8. The van der Waals surface area contributed by atoms with E-state index in [2.05, 4.69) is 19.5 Å². The summed E-state index contributed by atoms with van der Waals surface area (Å²) in [6.07, 6.45) is 9.06. The summed E-state index contributed by atoms with van der Waals surface area (Å²) in [5.41, 5.74) is 3.44. The molecule has 11 heteroatoms. The second-order valence-electron chi connectivity index (χ2n) is 10.9. The molecule has 0 atom stereocenters. The number of aromatic nitrogens is 5. The predicted octanol–water partition coefficient (Wildman–Crippen LogP) is 5.62. The first-order chi connectivity index (χ1) is 22.0. The van der Waals surface area contributed by atoms with Gasteiger partial charge >= 0.3 is 0 Å². The molecule has 6 rings (SSSR count). The fraction of sp³-hybridized carbons (Fsp3) is 0.294. The number of imidazole rings is 1. The van der Waals surface area contributed by atoms with Gasteiger partial charge in [-0.2, -0.15) is 0 Å². The molecule has 4 heterocycles. The van der Waals surface area contributed by atoms with E-state index in [0.29, 0.717) is 62.9 Å². The molecule has 45 heavy (non-hydrogen) atoms. The van der Waals surface area contributed by atoms with Gasteiger partial charge in [-0.1, -0.05) is 42.5 Å². The number of thiazole rings is 1.